The third-order valence-corrected chi connectivity index (χ3v) is 8.27. The fraction of sp³-hybridized carbons (Fsp3) is 0.194. The number of carbonyl (C=O) groups excluding carboxylic acids is 2. The van der Waals surface area contributed by atoms with Crippen LogP contribution in [-0.4, -0.2) is 28.0 Å². The molecule has 5 aromatic rings. The molecule has 1 N–H and O–H groups in total. The summed E-state index contributed by atoms with van der Waals surface area (Å²) in [6.45, 7) is 6.00. The molecule has 0 radical (unpaired) electrons. The predicted molar refractivity (Wildman–Crippen MR) is 161 cm³/mol. The molecule has 8 heteroatoms. The molecule has 3 aromatic carbocycles. The summed E-state index contributed by atoms with van der Waals surface area (Å²) in [4.78, 5) is 25.4. The van der Waals surface area contributed by atoms with E-state index in [0.29, 0.717) is 27.9 Å². The highest BCUT2D eigenvalue weighted by atomic mass is 35.5. The Bertz CT molecular complexity index is 1690. The maximum atomic E-state index is 12.6. The lowest BCUT2D eigenvalue weighted by atomic mass is 10.0. The van der Waals surface area contributed by atoms with Crippen LogP contribution in [0.15, 0.2) is 72.8 Å². The van der Waals surface area contributed by atoms with Crippen molar-refractivity contribution >= 4 is 57.0 Å². The minimum absolute atomic E-state index is 0.0441. The van der Waals surface area contributed by atoms with Gasteiger partial charge < -0.3 is 5.32 Å². The van der Waals surface area contributed by atoms with Crippen molar-refractivity contribution in [1.29, 1.82) is 0 Å². The van der Waals surface area contributed by atoms with E-state index in [2.05, 4.69) is 61.6 Å². The molecule has 2 aromatic heterocycles. The van der Waals surface area contributed by atoms with Crippen LogP contribution in [0.5, 0.6) is 0 Å². The van der Waals surface area contributed by atoms with Crippen LogP contribution in [0.3, 0.4) is 0 Å². The van der Waals surface area contributed by atoms with Crippen molar-refractivity contribution in [2.45, 2.75) is 33.2 Å². The molecule has 0 aliphatic heterocycles. The maximum absolute atomic E-state index is 12.6. The molecule has 1 atom stereocenters. The van der Waals surface area contributed by atoms with E-state index in [1.165, 1.54) is 29.2 Å². The number of Topliss-reactive ketones (excluding diaryl/α,β-unsaturated/α-hetero) is 1. The van der Waals surface area contributed by atoms with Crippen LogP contribution >= 0.6 is 34.5 Å². The summed E-state index contributed by atoms with van der Waals surface area (Å²) in [6, 6.07) is 23.9. The molecule has 0 aliphatic rings. The van der Waals surface area contributed by atoms with Gasteiger partial charge in [0.1, 0.15) is 5.78 Å². The molecule has 0 bridgehead atoms. The lowest BCUT2D eigenvalue weighted by molar-refractivity contribution is -0.116. The van der Waals surface area contributed by atoms with Gasteiger partial charge in [0.05, 0.1) is 22.3 Å². The number of carbonyl (C=O) groups is 2. The van der Waals surface area contributed by atoms with Gasteiger partial charge in [-0.25, -0.2) is 0 Å². The number of ketones is 1. The molecule has 0 fully saturated rings. The molecule has 0 saturated carbocycles. The lowest BCUT2D eigenvalue weighted by Crippen LogP contribution is -2.24. The Balaban J connectivity index is 1.54. The van der Waals surface area contributed by atoms with Crippen molar-refractivity contribution in [2.24, 2.45) is 0 Å². The van der Waals surface area contributed by atoms with Gasteiger partial charge in [-0.3, -0.25) is 14.3 Å². The van der Waals surface area contributed by atoms with Gasteiger partial charge in [-0.2, -0.15) is 5.10 Å². The number of hydrogen-bond acceptors (Lipinski definition) is 4. The molecule has 0 saturated heterocycles. The number of rotatable bonds is 8. The van der Waals surface area contributed by atoms with Crippen molar-refractivity contribution < 1.29 is 9.59 Å². The second-order valence-corrected chi connectivity index (χ2v) is 11.7. The molecule has 1 amide bonds. The van der Waals surface area contributed by atoms with Crippen LogP contribution < -0.4 is 5.32 Å². The fourth-order valence-corrected chi connectivity index (χ4v) is 6.02. The summed E-state index contributed by atoms with van der Waals surface area (Å²) < 4.78 is 1.99. The average Bonchev–Trinajstić information content (AvgIpc) is 3.56. The van der Waals surface area contributed by atoms with Gasteiger partial charge in [0.25, 0.3) is 5.91 Å². The number of hydrogen-bond donors (Lipinski definition) is 1. The van der Waals surface area contributed by atoms with Gasteiger partial charge in [-0.1, -0.05) is 59.1 Å². The molecule has 1 unspecified atom stereocenters. The first kappa shape index (κ1) is 27.1. The number of fused-ring (bicyclic) bond motifs is 1. The summed E-state index contributed by atoms with van der Waals surface area (Å²) >= 11 is 14.0. The zero-order chi connectivity index (χ0) is 27.7. The highest BCUT2D eigenvalue weighted by Gasteiger charge is 2.21. The quantitative estimate of drug-likeness (QED) is 0.202. The molecule has 0 spiro atoms. The standard InChI is InChI=1S/C31H27Cl2N3O2S/c1-18-4-5-22-13-23(7-6-21(22)12-18)28-17-27(24-14-25(32)16-26(33)15-24)35-36(28)20(3)29-8-9-30(39-29)31(38)34-11-10-19(2)37/h4-9,12-17,20H,10-11H2,1-3H3,(H,34,38). The number of benzene rings is 3. The van der Waals surface area contributed by atoms with Crippen molar-refractivity contribution in [3.63, 3.8) is 0 Å². The summed E-state index contributed by atoms with van der Waals surface area (Å²) in [6.07, 6.45) is 0.318. The molecule has 5 rings (SSSR count). The second kappa shape index (κ2) is 11.3. The number of nitrogens with one attached hydrogen (secondary N) is 1. The first-order valence-corrected chi connectivity index (χ1v) is 14.2. The van der Waals surface area contributed by atoms with Crippen molar-refractivity contribution in [3.05, 3.63) is 98.2 Å². The van der Waals surface area contributed by atoms with E-state index in [1.54, 1.807) is 6.07 Å². The number of aromatic nitrogens is 2. The number of halogens is 2. The zero-order valence-electron chi connectivity index (χ0n) is 21.8. The van der Waals surface area contributed by atoms with Crippen LogP contribution in [0.4, 0.5) is 0 Å². The zero-order valence-corrected chi connectivity index (χ0v) is 24.1. The smallest absolute Gasteiger partial charge is 0.261 e. The van der Waals surface area contributed by atoms with Crippen LogP contribution in [0, 0.1) is 6.92 Å². The Hall–Kier alpha value is -3.45. The number of amides is 1. The Labute approximate surface area is 241 Å². The van der Waals surface area contributed by atoms with E-state index in [-0.39, 0.29) is 17.7 Å². The van der Waals surface area contributed by atoms with Crippen LogP contribution in [0.2, 0.25) is 10.0 Å². The van der Waals surface area contributed by atoms with Gasteiger partial charge in [0.2, 0.25) is 0 Å². The summed E-state index contributed by atoms with van der Waals surface area (Å²) in [7, 11) is 0. The minimum Gasteiger partial charge on any atom is -0.351 e. The van der Waals surface area contributed by atoms with E-state index < -0.39 is 0 Å². The number of aryl methyl sites for hydroxylation is 1. The van der Waals surface area contributed by atoms with Crippen molar-refractivity contribution in [1.82, 2.24) is 15.1 Å². The van der Waals surface area contributed by atoms with Gasteiger partial charge in [-0.05, 0) is 74.0 Å². The largest absolute Gasteiger partial charge is 0.351 e. The summed E-state index contributed by atoms with van der Waals surface area (Å²) in [5.74, 6) is -0.137. The molecule has 198 valence electrons. The van der Waals surface area contributed by atoms with Crippen molar-refractivity contribution in [2.75, 3.05) is 6.54 Å². The average molecular weight is 577 g/mol. The first-order valence-electron chi connectivity index (χ1n) is 12.6. The molecule has 2 heterocycles. The van der Waals surface area contributed by atoms with E-state index in [4.69, 9.17) is 28.3 Å². The minimum atomic E-state index is -0.181. The predicted octanol–water partition coefficient (Wildman–Crippen LogP) is 8.37. The van der Waals surface area contributed by atoms with E-state index >= 15 is 0 Å². The third-order valence-electron chi connectivity index (χ3n) is 6.58. The topological polar surface area (TPSA) is 64.0 Å². The summed E-state index contributed by atoms with van der Waals surface area (Å²) in [5.41, 5.74) is 4.77. The normalized spacial score (nSPS) is 12.0. The lowest BCUT2D eigenvalue weighted by Gasteiger charge is -2.15. The molecular formula is C31H27Cl2N3O2S. The summed E-state index contributed by atoms with van der Waals surface area (Å²) in [5, 5.41) is 11.2. The maximum Gasteiger partial charge on any atom is 0.261 e. The van der Waals surface area contributed by atoms with E-state index in [1.807, 2.05) is 28.9 Å². The van der Waals surface area contributed by atoms with Crippen LogP contribution in [-0.2, 0) is 4.79 Å². The van der Waals surface area contributed by atoms with Crippen LogP contribution in [0.25, 0.3) is 33.3 Å². The Morgan fingerprint density at radius 2 is 1.64 bits per heavy atom. The molecular weight excluding hydrogens is 549 g/mol. The number of nitrogens with zero attached hydrogens (tertiary/aromatic N) is 2. The third kappa shape index (κ3) is 6.09. The van der Waals surface area contributed by atoms with E-state index in [9.17, 15) is 9.59 Å². The highest BCUT2D eigenvalue weighted by molar-refractivity contribution is 7.14. The second-order valence-electron chi connectivity index (χ2n) is 9.67. The van der Waals surface area contributed by atoms with Gasteiger partial charge >= 0.3 is 0 Å². The Morgan fingerprint density at radius 1 is 0.923 bits per heavy atom. The van der Waals surface area contributed by atoms with Crippen molar-refractivity contribution in [3.8, 4) is 22.5 Å². The number of thiophene rings is 1. The molecule has 39 heavy (non-hydrogen) atoms. The molecule has 5 nitrogen and oxygen atoms in total. The van der Waals surface area contributed by atoms with E-state index in [0.717, 1.165) is 32.8 Å². The highest BCUT2D eigenvalue weighted by Crippen LogP contribution is 2.36. The van der Waals surface area contributed by atoms with Gasteiger partial charge in [-0.15, -0.1) is 11.3 Å². The molecule has 0 aliphatic carbocycles. The Morgan fingerprint density at radius 3 is 2.38 bits per heavy atom. The van der Waals surface area contributed by atoms with Crippen LogP contribution in [0.1, 0.15) is 46.4 Å². The first-order chi connectivity index (χ1) is 18.7. The monoisotopic (exact) mass is 575 g/mol. The van der Waals surface area contributed by atoms with Gasteiger partial charge in [0.15, 0.2) is 0 Å². The SMILES string of the molecule is CC(=O)CCNC(=O)c1ccc(C(C)n2nc(-c3cc(Cl)cc(Cl)c3)cc2-c2ccc3cc(C)ccc3c2)s1. The Kier molecular flexibility index (Phi) is 7.89. The van der Waals surface area contributed by atoms with Gasteiger partial charge in [0, 0.05) is 39.0 Å². The fourth-order valence-electron chi connectivity index (χ4n) is 4.53.